The van der Waals surface area contributed by atoms with Gasteiger partial charge in [0.05, 0.1) is 23.3 Å². The Morgan fingerprint density at radius 1 is 1.17 bits per heavy atom. The first-order valence-corrected chi connectivity index (χ1v) is 9.99. The van der Waals surface area contributed by atoms with E-state index >= 15 is 0 Å². The molecule has 30 heavy (non-hydrogen) atoms. The molecule has 0 aliphatic carbocycles. The number of imidazole rings is 1. The fourth-order valence-electron chi connectivity index (χ4n) is 3.74. The zero-order chi connectivity index (χ0) is 21.1. The number of carbonyl (C=O) groups is 2. The molecule has 0 saturated carbocycles. The third-order valence-corrected chi connectivity index (χ3v) is 5.24. The van der Waals surface area contributed by atoms with E-state index in [-0.39, 0.29) is 17.9 Å². The van der Waals surface area contributed by atoms with Gasteiger partial charge in [0.1, 0.15) is 0 Å². The van der Waals surface area contributed by atoms with E-state index in [0.29, 0.717) is 25.1 Å². The van der Waals surface area contributed by atoms with Gasteiger partial charge in [-0.3, -0.25) is 19.6 Å². The Balaban J connectivity index is 1.68. The number of pyridine rings is 2. The highest BCUT2D eigenvalue weighted by Crippen LogP contribution is 2.32. The van der Waals surface area contributed by atoms with Crippen LogP contribution in [-0.2, 0) is 17.8 Å². The first kappa shape index (κ1) is 19.8. The van der Waals surface area contributed by atoms with Gasteiger partial charge in [-0.2, -0.15) is 0 Å². The molecular weight excluding hydrogens is 380 g/mol. The summed E-state index contributed by atoms with van der Waals surface area (Å²) in [5, 5.41) is 2.97. The van der Waals surface area contributed by atoms with Gasteiger partial charge in [0, 0.05) is 50.3 Å². The molecule has 0 saturated heterocycles. The Labute approximate surface area is 175 Å². The van der Waals surface area contributed by atoms with Crippen molar-refractivity contribution in [2.75, 3.05) is 6.54 Å². The average Bonchev–Trinajstić information content (AvgIpc) is 3.22. The highest BCUT2D eigenvalue weighted by molar-refractivity contribution is 5.98. The molecule has 1 aliphatic rings. The summed E-state index contributed by atoms with van der Waals surface area (Å²) >= 11 is 0. The standard InChI is InChI=1S/C22H24N6O2/c1-15(2)28-14-26-18-7-10-27(22(30)17-6-4-9-24-13-17)20(19(18)28)21(29)25-12-16-5-3-8-23-11-16/h3-6,8-9,11,13-15,20H,7,10,12H2,1-2H3,(H,25,29)/t20-/m1/s1. The number of carbonyl (C=O) groups excluding carboxylic acids is 2. The van der Waals surface area contributed by atoms with Gasteiger partial charge >= 0.3 is 0 Å². The lowest BCUT2D eigenvalue weighted by molar-refractivity contribution is -0.126. The zero-order valence-electron chi connectivity index (χ0n) is 17.0. The molecule has 0 radical (unpaired) electrons. The van der Waals surface area contributed by atoms with Gasteiger partial charge in [-0.15, -0.1) is 0 Å². The lowest BCUT2D eigenvalue weighted by Gasteiger charge is -2.36. The van der Waals surface area contributed by atoms with Crippen molar-refractivity contribution in [2.45, 2.75) is 38.9 Å². The molecule has 4 heterocycles. The van der Waals surface area contributed by atoms with E-state index in [1.54, 1.807) is 42.0 Å². The number of nitrogens with one attached hydrogen (secondary N) is 1. The van der Waals surface area contributed by atoms with Crippen LogP contribution in [0, 0.1) is 0 Å². The predicted molar refractivity (Wildman–Crippen MR) is 110 cm³/mol. The summed E-state index contributed by atoms with van der Waals surface area (Å²) in [4.78, 5) is 40.9. The smallest absolute Gasteiger partial charge is 0.256 e. The van der Waals surface area contributed by atoms with Gasteiger partial charge in [0.15, 0.2) is 6.04 Å². The Morgan fingerprint density at radius 3 is 2.60 bits per heavy atom. The number of aromatic nitrogens is 4. The van der Waals surface area contributed by atoms with Crippen LogP contribution in [0.4, 0.5) is 0 Å². The van der Waals surface area contributed by atoms with E-state index in [1.165, 1.54) is 6.20 Å². The van der Waals surface area contributed by atoms with E-state index < -0.39 is 6.04 Å². The summed E-state index contributed by atoms with van der Waals surface area (Å²) in [6.07, 6.45) is 8.92. The first-order valence-electron chi connectivity index (χ1n) is 9.99. The van der Waals surface area contributed by atoms with Crippen LogP contribution in [0.5, 0.6) is 0 Å². The lowest BCUT2D eigenvalue weighted by atomic mass is 9.99. The van der Waals surface area contributed by atoms with Crippen LogP contribution >= 0.6 is 0 Å². The molecule has 0 spiro atoms. The Bertz CT molecular complexity index is 1030. The van der Waals surface area contributed by atoms with Crippen LogP contribution in [-0.4, -0.2) is 42.8 Å². The van der Waals surface area contributed by atoms with Gasteiger partial charge in [-0.05, 0) is 37.6 Å². The van der Waals surface area contributed by atoms with E-state index in [1.807, 2.05) is 30.5 Å². The van der Waals surface area contributed by atoms with Gasteiger partial charge in [0.2, 0.25) is 5.91 Å². The van der Waals surface area contributed by atoms with E-state index in [4.69, 9.17) is 0 Å². The van der Waals surface area contributed by atoms with Gasteiger partial charge < -0.3 is 14.8 Å². The van der Waals surface area contributed by atoms with Gasteiger partial charge in [0.25, 0.3) is 5.91 Å². The molecule has 8 heteroatoms. The largest absolute Gasteiger partial charge is 0.350 e. The molecule has 2 amide bonds. The Hall–Kier alpha value is -3.55. The fraction of sp³-hybridized carbons (Fsp3) is 0.318. The fourth-order valence-corrected chi connectivity index (χ4v) is 3.74. The van der Waals surface area contributed by atoms with Crippen molar-refractivity contribution in [3.8, 4) is 0 Å². The second-order valence-corrected chi connectivity index (χ2v) is 7.55. The number of hydrogen-bond donors (Lipinski definition) is 1. The van der Waals surface area contributed by atoms with Crippen molar-refractivity contribution in [1.29, 1.82) is 0 Å². The molecule has 0 bridgehead atoms. The molecule has 4 rings (SSSR count). The number of nitrogens with zero attached hydrogens (tertiary/aromatic N) is 5. The van der Waals surface area contributed by atoms with Crippen molar-refractivity contribution in [3.05, 3.63) is 77.9 Å². The molecule has 8 nitrogen and oxygen atoms in total. The molecule has 3 aromatic heterocycles. The molecule has 154 valence electrons. The highest BCUT2D eigenvalue weighted by Gasteiger charge is 2.39. The summed E-state index contributed by atoms with van der Waals surface area (Å²) < 4.78 is 1.98. The van der Waals surface area contributed by atoms with Crippen LogP contribution in [0.25, 0.3) is 0 Å². The van der Waals surface area contributed by atoms with Gasteiger partial charge in [-0.1, -0.05) is 6.07 Å². The Morgan fingerprint density at radius 2 is 1.93 bits per heavy atom. The third-order valence-electron chi connectivity index (χ3n) is 5.24. The minimum atomic E-state index is -0.761. The van der Waals surface area contributed by atoms with Crippen LogP contribution in [0.15, 0.2) is 55.4 Å². The molecule has 0 unspecified atom stereocenters. The second-order valence-electron chi connectivity index (χ2n) is 7.55. The zero-order valence-corrected chi connectivity index (χ0v) is 17.0. The van der Waals surface area contributed by atoms with Crippen LogP contribution < -0.4 is 5.32 Å². The lowest BCUT2D eigenvalue weighted by Crippen LogP contribution is -2.48. The summed E-state index contributed by atoms with van der Waals surface area (Å²) in [5.41, 5.74) is 2.99. The SMILES string of the molecule is CC(C)n1cnc2c1[C@H](C(=O)NCc1cccnc1)N(C(=O)c1cccnc1)CC2. The van der Waals surface area contributed by atoms with Crippen molar-refractivity contribution in [2.24, 2.45) is 0 Å². The van der Waals surface area contributed by atoms with Crippen LogP contribution in [0.3, 0.4) is 0 Å². The van der Waals surface area contributed by atoms with Crippen molar-refractivity contribution in [3.63, 3.8) is 0 Å². The maximum absolute atomic E-state index is 13.4. The Kier molecular flexibility index (Phi) is 5.56. The maximum Gasteiger partial charge on any atom is 0.256 e. The summed E-state index contributed by atoms with van der Waals surface area (Å²) in [7, 11) is 0. The molecule has 0 aromatic carbocycles. The average molecular weight is 404 g/mol. The molecule has 1 aliphatic heterocycles. The van der Waals surface area contributed by atoms with E-state index in [2.05, 4.69) is 20.3 Å². The molecule has 1 N–H and O–H groups in total. The van der Waals surface area contributed by atoms with Crippen molar-refractivity contribution >= 4 is 11.8 Å². The van der Waals surface area contributed by atoms with Crippen LogP contribution in [0.2, 0.25) is 0 Å². The molecule has 3 aromatic rings. The maximum atomic E-state index is 13.4. The summed E-state index contributed by atoms with van der Waals surface area (Å²) in [6, 6.07) is 6.52. The van der Waals surface area contributed by atoms with E-state index in [9.17, 15) is 9.59 Å². The van der Waals surface area contributed by atoms with Crippen LogP contribution in [0.1, 0.15) is 53.2 Å². The minimum absolute atomic E-state index is 0.114. The molecule has 1 atom stereocenters. The number of fused-ring (bicyclic) bond motifs is 1. The summed E-state index contributed by atoms with van der Waals surface area (Å²) in [6.45, 7) is 4.83. The molecule has 0 fully saturated rings. The molecular formula is C22H24N6O2. The monoisotopic (exact) mass is 404 g/mol. The topological polar surface area (TPSA) is 93.0 Å². The van der Waals surface area contributed by atoms with E-state index in [0.717, 1.165) is 17.0 Å². The normalized spacial score (nSPS) is 15.7. The third kappa shape index (κ3) is 3.80. The summed E-state index contributed by atoms with van der Waals surface area (Å²) in [5.74, 6) is -0.453. The van der Waals surface area contributed by atoms with Crippen molar-refractivity contribution < 1.29 is 9.59 Å². The number of amides is 2. The predicted octanol–water partition coefficient (Wildman–Crippen LogP) is 2.31. The van der Waals surface area contributed by atoms with Crippen molar-refractivity contribution in [1.82, 2.24) is 29.7 Å². The highest BCUT2D eigenvalue weighted by atomic mass is 16.2. The number of hydrogen-bond acceptors (Lipinski definition) is 5. The quantitative estimate of drug-likeness (QED) is 0.704. The minimum Gasteiger partial charge on any atom is -0.350 e. The van der Waals surface area contributed by atoms with Gasteiger partial charge in [-0.25, -0.2) is 4.98 Å². The second kappa shape index (κ2) is 8.44. The first-order chi connectivity index (χ1) is 14.6. The number of rotatable bonds is 5.